The van der Waals surface area contributed by atoms with E-state index in [9.17, 15) is 4.39 Å². The van der Waals surface area contributed by atoms with Gasteiger partial charge in [-0.25, -0.2) is 4.39 Å². The van der Waals surface area contributed by atoms with Gasteiger partial charge in [-0.15, -0.1) is 0 Å². The predicted molar refractivity (Wildman–Crippen MR) is 75.2 cm³/mol. The van der Waals surface area contributed by atoms with Crippen LogP contribution in [0.4, 0.5) is 10.1 Å². The Morgan fingerprint density at radius 3 is 2.00 bits per heavy atom. The van der Waals surface area contributed by atoms with E-state index in [4.69, 9.17) is 0 Å². The highest BCUT2D eigenvalue weighted by Gasteiger charge is 2.38. The van der Waals surface area contributed by atoms with Gasteiger partial charge < -0.3 is 5.32 Å². The van der Waals surface area contributed by atoms with Crippen molar-refractivity contribution < 1.29 is 4.39 Å². The minimum Gasteiger partial charge on any atom is -0.382 e. The molecule has 100 valence electrons. The monoisotopic (exact) mass is 249 g/mol. The van der Waals surface area contributed by atoms with Crippen LogP contribution in [0.3, 0.4) is 0 Å². The minimum absolute atomic E-state index is 0.176. The number of hydrogen-bond acceptors (Lipinski definition) is 1. The molecule has 1 aliphatic rings. The van der Waals surface area contributed by atoms with Gasteiger partial charge >= 0.3 is 0 Å². The molecule has 0 bridgehead atoms. The Balaban J connectivity index is 2.07. The van der Waals surface area contributed by atoms with Gasteiger partial charge in [-0.1, -0.05) is 27.7 Å². The Morgan fingerprint density at radius 2 is 1.50 bits per heavy atom. The quantitative estimate of drug-likeness (QED) is 0.790. The number of rotatable bonds is 2. The van der Waals surface area contributed by atoms with Crippen LogP contribution in [-0.4, -0.2) is 6.04 Å². The third kappa shape index (κ3) is 3.47. The van der Waals surface area contributed by atoms with Gasteiger partial charge in [0.1, 0.15) is 5.82 Å². The fourth-order valence-electron chi connectivity index (χ4n) is 3.73. The van der Waals surface area contributed by atoms with Crippen molar-refractivity contribution in [3.8, 4) is 0 Å². The van der Waals surface area contributed by atoms with E-state index in [0.717, 1.165) is 5.69 Å². The summed E-state index contributed by atoms with van der Waals surface area (Å²) in [4.78, 5) is 0. The molecule has 0 aliphatic heterocycles. The Bertz CT molecular complexity index is 390. The van der Waals surface area contributed by atoms with E-state index < -0.39 is 0 Å². The molecular formula is C16H24FN. The highest BCUT2D eigenvalue weighted by atomic mass is 19.1. The van der Waals surface area contributed by atoms with Crippen LogP contribution in [0.2, 0.25) is 0 Å². The maximum atomic E-state index is 12.9. The van der Waals surface area contributed by atoms with Crippen LogP contribution in [-0.2, 0) is 0 Å². The molecule has 2 heteroatoms. The fourth-order valence-corrected chi connectivity index (χ4v) is 3.73. The summed E-state index contributed by atoms with van der Waals surface area (Å²) >= 11 is 0. The van der Waals surface area contributed by atoms with Gasteiger partial charge in [0.05, 0.1) is 0 Å². The third-order valence-corrected chi connectivity index (χ3v) is 3.77. The second-order valence-corrected chi connectivity index (χ2v) is 7.26. The molecule has 0 saturated heterocycles. The molecule has 0 radical (unpaired) electrons. The molecule has 1 N–H and O–H groups in total. The van der Waals surface area contributed by atoms with E-state index in [1.54, 1.807) is 0 Å². The van der Waals surface area contributed by atoms with Crippen molar-refractivity contribution >= 4 is 5.69 Å². The van der Waals surface area contributed by atoms with Crippen molar-refractivity contribution in [3.05, 3.63) is 30.1 Å². The molecule has 18 heavy (non-hydrogen) atoms. The lowest BCUT2D eigenvalue weighted by molar-refractivity contribution is 0.105. The van der Waals surface area contributed by atoms with E-state index in [1.165, 1.54) is 31.4 Å². The number of halogens is 1. The summed E-state index contributed by atoms with van der Waals surface area (Å²) in [6.45, 7) is 9.36. The van der Waals surface area contributed by atoms with Crippen molar-refractivity contribution in [2.75, 3.05) is 5.32 Å². The Hall–Kier alpha value is -1.05. The SMILES string of the molecule is CC1(C)CC(Nc2ccc(F)cc2)CC(C)(C)C1. The maximum absolute atomic E-state index is 12.9. The van der Waals surface area contributed by atoms with Gasteiger partial charge in [0.25, 0.3) is 0 Å². The molecule has 0 aromatic heterocycles. The first kappa shape index (κ1) is 13.4. The highest BCUT2D eigenvalue weighted by molar-refractivity contribution is 5.44. The zero-order valence-electron chi connectivity index (χ0n) is 11.9. The fraction of sp³-hybridized carbons (Fsp3) is 0.625. The summed E-state index contributed by atoms with van der Waals surface area (Å²) < 4.78 is 12.9. The van der Waals surface area contributed by atoms with Gasteiger partial charge in [0.15, 0.2) is 0 Å². The average molecular weight is 249 g/mol. The van der Waals surface area contributed by atoms with E-state index in [2.05, 4.69) is 33.0 Å². The maximum Gasteiger partial charge on any atom is 0.123 e. The van der Waals surface area contributed by atoms with Gasteiger partial charge in [-0.3, -0.25) is 0 Å². The number of hydrogen-bond donors (Lipinski definition) is 1. The average Bonchev–Trinajstić information content (AvgIpc) is 2.16. The third-order valence-electron chi connectivity index (χ3n) is 3.77. The lowest BCUT2D eigenvalue weighted by atomic mass is 9.63. The van der Waals surface area contributed by atoms with E-state index in [1.807, 2.05) is 12.1 Å². The smallest absolute Gasteiger partial charge is 0.123 e. The Labute approximate surface area is 110 Å². The second-order valence-electron chi connectivity index (χ2n) is 7.26. The number of nitrogens with one attached hydrogen (secondary N) is 1. The first-order valence-corrected chi connectivity index (χ1v) is 6.78. The van der Waals surface area contributed by atoms with E-state index in [0.29, 0.717) is 16.9 Å². The summed E-state index contributed by atoms with van der Waals surface area (Å²) in [6.07, 6.45) is 3.61. The molecule has 1 aliphatic carbocycles. The normalized spacial score (nSPS) is 22.7. The van der Waals surface area contributed by atoms with Crippen molar-refractivity contribution in [2.45, 2.75) is 53.0 Å². The Morgan fingerprint density at radius 1 is 1.00 bits per heavy atom. The molecule has 0 amide bonds. The van der Waals surface area contributed by atoms with Crippen LogP contribution >= 0.6 is 0 Å². The molecule has 0 unspecified atom stereocenters. The van der Waals surface area contributed by atoms with Crippen molar-refractivity contribution in [1.29, 1.82) is 0 Å². The molecule has 0 heterocycles. The summed E-state index contributed by atoms with van der Waals surface area (Å²) in [6, 6.07) is 7.16. The van der Waals surface area contributed by atoms with Crippen LogP contribution in [0, 0.1) is 16.6 Å². The van der Waals surface area contributed by atoms with Crippen LogP contribution in [0.15, 0.2) is 24.3 Å². The molecule has 1 saturated carbocycles. The summed E-state index contributed by atoms with van der Waals surface area (Å²) in [7, 11) is 0. The molecule has 0 atom stereocenters. The number of anilines is 1. The molecular weight excluding hydrogens is 225 g/mol. The van der Waals surface area contributed by atoms with Crippen LogP contribution < -0.4 is 5.32 Å². The molecule has 1 aromatic carbocycles. The largest absolute Gasteiger partial charge is 0.382 e. The van der Waals surface area contributed by atoms with Crippen LogP contribution in [0.25, 0.3) is 0 Å². The van der Waals surface area contributed by atoms with Crippen LogP contribution in [0.1, 0.15) is 47.0 Å². The first-order chi connectivity index (χ1) is 8.26. The summed E-state index contributed by atoms with van der Waals surface area (Å²) in [5.74, 6) is -0.176. The predicted octanol–water partition coefficient (Wildman–Crippen LogP) is 4.84. The lowest BCUT2D eigenvalue weighted by Gasteiger charge is -2.45. The second kappa shape index (κ2) is 4.56. The zero-order chi connectivity index (χ0) is 13.4. The van der Waals surface area contributed by atoms with E-state index >= 15 is 0 Å². The molecule has 2 rings (SSSR count). The Kier molecular flexibility index (Phi) is 3.39. The molecule has 1 fully saturated rings. The zero-order valence-corrected chi connectivity index (χ0v) is 11.9. The molecule has 1 nitrogen and oxygen atoms in total. The van der Waals surface area contributed by atoms with E-state index in [-0.39, 0.29) is 5.82 Å². The summed E-state index contributed by atoms with van der Waals surface area (Å²) in [5.41, 5.74) is 1.77. The van der Waals surface area contributed by atoms with Crippen molar-refractivity contribution in [3.63, 3.8) is 0 Å². The van der Waals surface area contributed by atoms with Crippen molar-refractivity contribution in [2.24, 2.45) is 10.8 Å². The minimum atomic E-state index is -0.176. The van der Waals surface area contributed by atoms with Crippen molar-refractivity contribution in [1.82, 2.24) is 0 Å². The topological polar surface area (TPSA) is 12.0 Å². The highest BCUT2D eigenvalue weighted by Crippen LogP contribution is 2.46. The van der Waals surface area contributed by atoms with Gasteiger partial charge in [0, 0.05) is 11.7 Å². The first-order valence-electron chi connectivity index (χ1n) is 6.78. The molecule has 1 aromatic rings. The van der Waals surface area contributed by atoms with Gasteiger partial charge in [-0.2, -0.15) is 0 Å². The van der Waals surface area contributed by atoms with Gasteiger partial charge in [-0.05, 0) is 54.4 Å². The standard InChI is InChI=1S/C16H24FN/c1-15(2)9-14(10-16(3,4)11-15)18-13-7-5-12(17)6-8-13/h5-8,14,18H,9-11H2,1-4H3. The molecule has 0 spiro atoms. The van der Waals surface area contributed by atoms with Crippen LogP contribution in [0.5, 0.6) is 0 Å². The lowest BCUT2D eigenvalue weighted by Crippen LogP contribution is -2.40. The summed E-state index contributed by atoms with van der Waals surface area (Å²) in [5, 5.41) is 3.55. The van der Waals surface area contributed by atoms with Gasteiger partial charge in [0.2, 0.25) is 0 Å². The number of benzene rings is 1.